The number of halogens is 3. The van der Waals surface area contributed by atoms with Gasteiger partial charge in [0.05, 0.1) is 11.3 Å². The van der Waals surface area contributed by atoms with Gasteiger partial charge in [-0.25, -0.2) is 4.98 Å². The van der Waals surface area contributed by atoms with Crippen molar-refractivity contribution in [1.29, 1.82) is 5.26 Å². The predicted octanol–water partition coefficient (Wildman–Crippen LogP) is 3.41. The molecule has 9 heteroatoms. The maximum atomic E-state index is 13.2. The van der Waals surface area contributed by atoms with E-state index in [9.17, 15) is 18.4 Å². The Hall–Kier alpha value is -2.86. The zero-order valence-electron chi connectivity index (χ0n) is 11.3. The molecule has 3 rings (SSSR count). The summed E-state index contributed by atoms with van der Waals surface area (Å²) >= 11 is 0.963. The van der Waals surface area contributed by atoms with Crippen LogP contribution in [0.2, 0.25) is 0 Å². The summed E-state index contributed by atoms with van der Waals surface area (Å²) in [6.07, 6.45) is -4.52. The lowest BCUT2D eigenvalue weighted by Crippen LogP contribution is -2.07. The van der Waals surface area contributed by atoms with Gasteiger partial charge in [0.2, 0.25) is 5.95 Å². The van der Waals surface area contributed by atoms with E-state index in [0.717, 1.165) is 16.7 Å². The topological polar surface area (TPSA) is 102 Å². The van der Waals surface area contributed by atoms with E-state index in [0.29, 0.717) is 4.70 Å². The number of thiophene rings is 1. The monoisotopic (exact) mass is 335 g/mol. The van der Waals surface area contributed by atoms with Gasteiger partial charge in [0, 0.05) is 21.0 Å². The first kappa shape index (κ1) is 15.1. The predicted molar refractivity (Wildman–Crippen MR) is 81.4 cm³/mol. The van der Waals surface area contributed by atoms with E-state index in [1.165, 1.54) is 6.07 Å². The highest BCUT2D eigenvalue weighted by molar-refractivity contribution is 7.17. The number of nitrogens with two attached hydrogens (primary N) is 2. The summed E-state index contributed by atoms with van der Waals surface area (Å²) in [5.74, 6) is -0.381. The van der Waals surface area contributed by atoms with Crippen molar-refractivity contribution in [2.45, 2.75) is 6.18 Å². The molecule has 0 aliphatic rings. The first-order valence-corrected chi connectivity index (χ1v) is 7.11. The number of fused-ring (bicyclic) bond motifs is 1. The molecule has 0 saturated heterocycles. The molecule has 5 nitrogen and oxygen atoms in total. The Balaban J connectivity index is 2.43. The third-order valence-electron chi connectivity index (χ3n) is 3.23. The Kier molecular flexibility index (Phi) is 3.34. The first-order chi connectivity index (χ1) is 10.8. The number of nitrogens with zero attached hydrogens (tertiary/aromatic N) is 3. The number of nitriles is 1. The van der Waals surface area contributed by atoms with Crippen molar-refractivity contribution in [2.75, 3.05) is 11.5 Å². The summed E-state index contributed by atoms with van der Waals surface area (Å²) in [6.45, 7) is 0. The van der Waals surface area contributed by atoms with Crippen LogP contribution in [0.4, 0.5) is 24.9 Å². The molecule has 116 valence electrons. The highest BCUT2D eigenvalue weighted by Gasteiger charge is 2.35. The van der Waals surface area contributed by atoms with Gasteiger partial charge in [-0.15, -0.1) is 11.3 Å². The molecule has 0 aliphatic carbocycles. The number of anilines is 2. The third-order valence-corrected chi connectivity index (χ3v) is 4.17. The molecule has 23 heavy (non-hydrogen) atoms. The van der Waals surface area contributed by atoms with Gasteiger partial charge in [-0.2, -0.15) is 23.4 Å². The number of alkyl halides is 3. The van der Waals surface area contributed by atoms with Crippen LogP contribution in [-0.4, -0.2) is 9.97 Å². The molecule has 0 fully saturated rings. The van der Waals surface area contributed by atoms with Crippen LogP contribution >= 0.6 is 11.3 Å². The Morgan fingerprint density at radius 2 is 1.91 bits per heavy atom. The number of nitrogen functional groups attached to an aromatic ring is 2. The average Bonchev–Trinajstić information content (AvgIpc) is 2.90. The molecule has 0 amide bonds. The zero-order chi connectivity index (χ0) is 16.8. The number of hydrogen-bond donors (Lipinski definition) is 2. The summed E-state index contributed by atoms with van der Waals surface area (Å²) in [5.41, 5.74) is 10.4. The van der Waals surface area contributed by atoms with Crippen molar-refractivity contribution in [1.82, 2.24) is 9.97 Å². The highest BCUT2D eigenvalue weighted by Crippen LogP contribution is 2.43. The number of hydrogen-bond acceptors (Lipinski definition) is 6. The van der Waals surface area contributed by atoms with E-state index in [2.05, 4.69) is 9.97 Å². The van der Waals surface area contributed by atoms with Gasteiger partial charge in [0.25, 0.3) is 0 Å². The normalized spacial score (nSPS) is 11.6. The van der Waals surface area contributed by atoms with Crippen LogP contribution in [0.3, 0.4) is 0 Å². The van der Waals surface area contributed by atoms with Gasteiger partial charge in [0.1, 0.15) is 17.5 Å². The van der Waals surface area contributed by atoms with Crippen molar-refractivity contribution >= 4 is 33.2 Å². The van der Waals surface area contributed by atoms with Gasteiger partial charge in [-0.05, 0) is 6.07 Å². The number of aromatic nitrogens is 2. The van der Waals surface area contributed by atoms with Crippen molar-refractivity contribution in [2.24, 2.45) is 0 Å². The Labute approximate surface area is 132 Å². The fourth-order valence-corrected chi connectivity index (χ4v) is 3.29. The van der Waals surface area contributed by atoms with Crippen LogP contribution in [-0.2, 0) is 6.18 Å². The fraction of sp³-hybridized carbons (Fsp3) is 0.0714. The third kappa shape index (κ3) is 2.43. The molecule has 4 N–H and O–H groups in total. The van der Waals surface area contributed by atoms with Crippen molar-refractivity contribution in [3.63, 3.8) is 0 Å². The minimum atomic E-state index is -4.52. The second kappa shape index (κ2) is 5.10. The van der Waals surface area contributed by atoms with Crippen LogP contribution < -0.4 is 11.5 Å². The Bertz CT molecular complexity index is 955. The van der Waals surface area contributed by atoms with Crippen LogP contribution in [0.1, 0.15) is 11.1 Å². The lowest BCUT2D eigenvalue weighted by atomic mass is 10.0. The van der Waals surface area contributed by atoms with Crippen molar-refractivity contribution in [3.05, 3.63) is 34.7 Å². The molecule has 1 aromatic carbocycles. The Morgan fingerprint density at radius 1 is 1.17 bits per heavy atom. The first-order valence-electron chi connectivity index (χ1n) is 6.23. The smallest absolute Gasteiger partial charge is 0.382 e. The quantitative estimate of drug-likeness (QED) is 0.709. The van der Waals surface area contributed by atoms with E-state index in [-0.39, 0.29) is 34.0 Å². The van der Waals surface area contributed by atoms with Crippen molar-refractivity contribution < 1.29 is 13.2 Å². The molecule has 3 aromatic rings. The van der Waals surface area contributed by atoms with E-state index >= 15 is 0 Å². The summed E-state index contributed by atoms with van der Waals surface area (Å²) in [5, 5.41) is 10.2. The molecular weight excluding hydrogens is 327 g/mol. The second-order valence-corrected chi connectivity index (χ2v) is 5.54. The van der Waals surface area contributed by atoms with Crippen LogP contribution in [0.5, 0.6) is 0 Å². The number of benzene rings is 1. The minimum absolute atomic E-state index is 0.00741. The van der Waals surface area contributed by atoms with E-state index in [1.807, 2.05) is 6.07 Å². The maximum Gasteiger partial charge on any atom is 0.417 e. The largest absolute Gasteiger partial charge is 0.417 e. The average molecular weight is 335 g/mol. The standard InChI is InChI=1S/C14H8F3N5S/c15-14(16,17)8-5-23-9-3-1-2-6(10(8)9)11-7(4-18)12(19)22-13(20)21-11/h1-3,5H,(H4,19,20,21,22). The Morgan fingerprint density at radius 3 is 2.57 bits per heavy atom. The summed E-state index contributed by atoms with van der Waals surface area (Å²) < 4.78 is 40.2. The summed E-state index contributed by atoms with van der Waals surface area (Å²) in [4.78, 5) is 7.60. The highest BCUT2D eigenvalue weighted by atomic mass is 32.1. The molecule has 0 unspecified atom stereocenters. The molecule has 0 bridgehead atoms. The zero-order valence-corrected chi connectivity index (χ0v) is 12.2. The van der Waals surface area contributed by atoms with Gasteiger partial charge >= 0.3 is 6.18 Å². The van der Waals surface area contributed by atoms with Gasteiger partial charge in [-0.3, -0.25) is 0 Å². The van der Waals surface area contributed by atoms with Crippen LogP contribution in [0.15, 0.2) is 23.6 Å². The van der Waals surface area contributed by atoms with Crippen molar-refractivity contribution in [3.8, 4) is 17.3 Å². The minimum Gasteiger partial charge on any atom is -0.382 e. The lowest BCUT2D eigenvalue weighted by molar-refractivity contribution is -0.136. The SMILES string of the molecule is N#Cc1c(N)nc(N)nc1-c1cccc2scc(C(F)(F)F)c12. The molecular formula is C14H8F3N5S. The molecule has 0 aliphatic heterocycles. The molecule has 2 heterocycles. The summed E-state index contributed by atoms with van der Waals surface area (Å²) in [7, 11) is 0. The molecule has 0 spiro atoms. The summed E-state index contributed by atoms with van der Waals surface area (Å²) in [6, 6.07) is 6.43. The molecule has 0 saturated carbocycles. The number of rotatable bonds is 1. The molecule has 2 aromatic heterocycles. The van der Waals surface area contributed by atoms with Crippen LogP contribution in [0.25, 0.3) is 21.3 Å². The second-order valence-electron chi connectivity index (χ2n) is 4.63. The van der Waals surface area contributed by atoms with E-state index in [4.69, 9.17) is 11.5 Å². The van der Waals surface area contributed by atoms with Crippen LogP contribution in [0, 0.1) is 11.3 Å². The lowest BCUT2D eigenvalue weighted by Gasteiger charge is -2.11. The van der Waals surface area contributed by atoms with Gasteiger partial charge < -0.3 is 11.5 Å². The maximum absolute atomic E-state index is 13.2. The molecule has 0 radical (unpaired) electrons. The van der Waals surface area contributed by atoms with Gasteiger partial charge in [0.15, 0.2) is 0 Å². The van der Waals surface area contributed by atoms with E-state index in [1.54, 1.807) is 12.1 Å². The van der Waals surface area contributed by atoms with E-state index < -0.39 is 11.7 Å². The molecule has 0 atom stereocenters. The fourth-order valence-electron chi connectivity index (χ4n) is 2.30. The van der Waals surface area contributed by atoms with Gasteiger partial charge in [-0.1, -0.05) is 12.1 Å².